The van der Waals surface area contributed by atoms with Gasteiger partial charge in [-0.3, -0.25) is 4.72 Å². The molecule has 0 aliphatic heterocycles. The van der Waals surface area contributed by atoms with Gasteiger partial charge in [0.2, 0.25) is 0 Å². The van der Waals surface area contributed by atoms with Gasteiger partial charge < -0.3 is 0 Å². The van der Waals surface area contributed by atoms with E-state index in [1.165, 1.54) is 0 Å². The molecule has 0 aromatic carbocycles. The Labute approximate surface area is 59.0 Å². The molecule has 0 rings (SSSR count). The predicted molar refractivity (Wildman–Crippen MR) is 42.0 cm³/mol. The van der Waals surface area contributed by atoms with Crippen LogP contribution < -0.4 is 4.72 Å². The summed E-state index contributed by atoms with van der Waals surface area (Å²) < 4.78 is 3.08. The van der Waals surface area contributed by atoms with Crippen molar-refractivity contribution < 1.29 is 0 Å². The Bertz CT molecular complexity index is 24.9. The van der Waals surface area contributed by atoms with E-state index in [9.17, 15) is 0 Å². The summed E-state index contributed by atoms with van der Waals surface area (Å²) in [6.45, 7) is 3.13. The Morgan fingerprint density at radius 1 is 1.57 bits per heavy atom. The lowest BCUT2D eigenvalue weighted by atomic mass is 10.8. The molecule has 0 saturated carbocycles. The Morgan fingerprint density at radius 3 is 2.29 bits per heavy atom. The van der Waals surface area contributed by atoms with Crippen molar-refractivity contribution in [2.45, 2.75) is 6.92 Å². The molecule has 4 heteroatoms. The first kappa shape index (κ1) is 10.8. The lowest BCUT2D eigenvalue weighted by Crippen LogP contribution is -1.96. The van der Waals surface area contributed by atoms with Crippen LogP contribution in [0.1, 0.15) is 6.92 Å². The highest BCUT2D eigenvalue weighted by Crippen LogP contribution is 2.09. The topological polar surface area (TPSA) is 12.0 Å². The molecule has 0 heterocycles. The molecule has 1 N–H and O–H groups in total. The highest BCUT2D eigenvalue weighted by molar-refractivity contribution is 8.75. The van der Waals surface area contributed by atoms with Crippen LogP contribution in [0.5, 0.6) is 0 Å². The van der Waals surface area contributed by atoms with Gasteiger partial charge in [0, 0.05) is 6.54 Å². The van der Waals surface area contributed by atoms with Crippen molar-refractivity contribution >= 4 is 34.2 Å². The molecule has 0 bridgehead atoms. The number of hydrogen-bond donors (Lipinski definition) is 1. The summed E-state index contributed by atoms with van der Waals surface area (Å²) in [5.41, 5.74) is 0. The van der Waals surface area contributed by atoms with Crippen LogP contribution in [0, 0.1) is 0 Å². The third-order valence-electron chi connectivity index (χ3n) is 0.287. The van der Waals surface area contributed by atoms with Crippen molar-refractivity contribution in [3.05, 3.63) is 0 Å². The first-order valence-corrected chi connectivity index (χ1v) is 4.40. The van der Waals surface area contributed by atoms with Gasteiger partial charge in [0.15, 0.2) is 0 Å². The molecule has 46 valence electrons. The summed E-state index contributed by atoms with van der Waals surface area (Å²) in [5, 5.41) is 0. The average Bonchev–Trinajstić information content (AvgIpc) is 1.61. The molecule has 0 aromatic rings. The Kier molecular flexibility index (Phi) is 15.6. The van der Waals surface area contributed by atoms with Crippen LogP contribution in [-0.2, 0) is 0 Å². The molecule has 0 amide bonds. The standard InChI is InChI=1S/C3H9NS2.ClH/c1-3-4-6-5-2;/h4H,3H2,1-2H3;1H. The first-order valence-electron chi connectivity index (χ1n) is 1.84. The largest absolute Gasteiger partial charge is 0.255 e. The van der Waals surface area contributed by atoms with Gasteiger partial charge in [0.05, 0.1) is 0 Å². The maximum Gasteiger partial charge on any atom is 0.00379 e. The number of halogens is 1. The second-order valence-corrected chi connectivity index (χ2v) is 3.04. The molecule has 0 radical (unpaired) electrons. The summed E-state index contributed by atoms with van der Waals surface area (Å²) in [6, 6.07) is 0. The molecule has 0 aliphatic rings. The molecule has 0 unspecified atom stereocenters. The maximum atomic E-state index is 3.08. The third-order valence-corrected chi connectivity index (χ3v) is 1.71. The molecular weight excluding hydrogens is 150 g/mol. The van der Waals surface area contributed by atoms with Crippen molar-refractivity contribution in [3.8, 4) is 0 Å². The summed E-state index contributed by atoms with van der Waals surface area (Å²) >= 11 is 0. The van der Waals surface area contributed by atoms with Crippen LogP contribution in [0.2, 0.25) is 0 Å². The van der Waals surface area contributed by atoms with Gasteiger partial charge in [-0.25, -0.2) is 0 Å². The average molecular weight is 160 g/mol. The van der Waals surface area contributed by atoms with Crippen LogP contribution in [0.25, 0.3) is 0 Å². The highest BCUT2D eigenvalue weighted by Gasteiger charge is 1.72. The van der Waals surface area contributed by atoms with E-state index in [1.54, 1.807) is 21.8 Å². The SMILES string of the molecule is CCNSSC.Cl. The van der Waals surface area contributed by atoms with E-state index in [0.29, 0.717) is 0 Å². The molecular formula is C3H10ClNS2. The lowest BCUT2D eigenvalue weighted by Gasteiger charge is -1.90. The Balaban J connectivity index is 0. The highest BCUT2D eigenvalue weighted by atomic mass is 35.5. The lowest BCUT2D eigenvalue weighted by molar-refractivity contribution is 1.04. The van der Waals surface area contributed by atoms with E-state index in [4.69, 9.17) is 0 Å². The molecule has 0 aliphatic carbocycles. The summed E-state index contributed by atoms with van der Waals surface area (Å²) in [4.78, 5) is 0. The van der Waals surface area contributed by atoms with E-state index >= 15 is 0 Å². The first-order chi connectivity index (χ1) is 2.91. The monoisotopic (exact) mass is 159 g/mol. The number of nitrogens with one attached hydrogen (secondary N) is 1. The van der Waals surface area contributed by atoms with Crippen molar-refractivity contribution in [1.29, 1.82) is 0 Å². The maximum absolute atomic E-state index is 3.08. The fourth-order valence-corrected chi connectivity index (χ4v) is 1.06. The fourth-order valence-electron chi connectivity index (χ4n) is 0.118. The second kappa shape index (κ2) is 10.0. The van der Waals surface area contributed by atoms with Gasteiger partial charge >= 0.3 is 0 Å². The van der Waals surface area contributed by atoms with E-state index in [-0.39, 0.29) is 12.4 Å². The zero-order valence-corrected chi connectivity index (χ0v) is 6.88. The van der Waals surface area contributed by atoms with E-state index < -0.39 is 0 Å². The van der Waals surface area contributed by atoms with Crippen molar-refractivity contribution in [1.82, 2.24) is 4.72 Å². The number of rotatable bonds is 3. The normalized spacial score (nSPS) is 7.71. The van der Waals surface area contributed by atoms with Gasteiger partial charge in [0.25, 0.3) is 0 Å². The molecule has 0 atom stereocenters. The molecule has 0 fully saturated rings. The summed E-state index contributed by atoms with van der Waals surface area (Å²) in [5.74, 6) is 0. The molecule has 1 nitrogen and oxygen atoms in total. The summed E-state index contributed by atoms with van der Waals surface area (Å²) in [7, 11) is 3.41. The zero-order chi connectivity index (χ0) is 4.83. The minimum absolute atomic E-state index is 0. The fraction of sp³-hybridized carbons (Fsp3) is 1.00. The van der Waals surface area contributed by atoms with Gasteiger partial charge in [-0.05, 0) is 17.2 Å². The van der Waals surface area contributed by atoms with Gasteiger partial charge in [0.1, 0.15) is 0 Å². The van der Waals surface area contributed by atoms with Crippen molar-refractivity contribution in [3.63, 3.8) is 0 Å². The second-order valence-electron chi connectivity index (χ2n) is 0.748. The van der Waals surface area contributed by atoms with E-state index in [0.717, 1.165) is 6.54 Å². The molecule has 7 heavy (non-hydrogen) atoms. The van der Waals surface area contributed by atoms with E-state index in [2.05, 4.69) is 11.6 Å². The smallest absolute Gasteiger partial charge is 0.00379 e. The van der Waals surface area contributed by atoms with Crippen LogP contribution in [0.15, 0.2) is 0 Å². The number of hydrogen-bond acceptors (Lipinski definition) is 3. The summed E-state index contributed by atoms with van der Waals surface area (Å²) in [6.07, 6.45) is 2.05. The van der Waals surface area contributed by atoms with Crippen LogP contribution in [0.3, 0.4) is 0 Å². The van der Waals surface area contributed by atoms with Gasteiger partial charge in [-0.1, -0.05) is 17.7 Å². The van der Waals surface area contributed by atoms with Crippen LogP contribution in [-0.4, -0.2) is 12.8 Å². The van der Waals surface area contributed by atoms with Crippen LogP contribution in [0.4, 0.5) is 0 Å². The molecule has 0 aromatic heterocycles. The zero-order valence-electron chi connectivity index (χ0n) is 4.43. The predicted octanol–water partition coefficient (Wildman–Crippen LogP) is 1.94. The van der Waals surface area contributed by atoms with Gasteiger partial charge in [-0.2, -0.15) is 0 Å². The quantitative estimate of drug-likeness (QED) is 0.384. The Hall–Kier alpha value is 0.950. The molecule has 0 saturated heterocycles. The molecule has 0 spiro atoms. The van der Waals surface area contributed by atoms with Gasteiger partial charge in [-0.15, -0.1) is 12.4 Å². The Morgan fingerprint density at radius 2 is 2.14 bits per heavy atom. The third kappa shape index (κ3) is 10.9. The minimum Gasteiger partial charge on any atom is -0.255 e. The van der Waals surface area contributed by atoms with Crippen molar-refractivity contribution in [2.24, 2.45) is 0 Å². The van der Waals surface area contributed by atoms with Crippen LogP contribution >= 0.6 is 34.2 Å². The minimum atomic E-state index is 0. The van der Waals surface area contributed by atoms with E-state index in [1.807, 2.05) is 6.26 Å². The van der Waals surface area contributed by atoms with Crippen molar-refractivity contribution in [2.75, 3.05) is 12.8 Å².